The van der Waals surface area contributed by atoms with Gasteiger partial charge in [0.05, 0.1) is 0 Å². The highest BCUT2D eigenvalue weighted by molar-refractivity contribution is 7.98. The maximum atomic E-state index is 12.3. The molecule has 1 aliphatic heterocycles. The van der Waals surface area contributed by atoms with Gasteiger partial charge in [0.15, 0.2) is 0 Å². The highest BCUT2D eigenvalue weighted by Crippen LogP contribution is 2.27. The lowest BCUT2D eigenvalue weighted by molar-refractivity contribution is -0.129. The van der Waals surface area contributed by atoms with Gasteiger partial charge in [-0.15, -0.1) is 0 Å². The van der Waals surface area contributed by atoms with Crippen LogP contribution in [0.1, 0.15) is 26.1 Å². The number of thioether (sulfide) groups is 1. The molecule has 0 aliphatic carbocycles. The average molecular weight is 322 g/mol. The van der Waals surface area contributed by atoms with Crippen molar-refractivity contribution in [2.75, 3.05) is 30.4 Å². The molecule has 5 nitrogen and oxygen atoms in total. The van der Waals surface area contributed by atoms with Crippen molar-refractivity contribution in [3.63, 3.8) is 0 Å². The number of hydrogen-bond acceptors (Lipinski definition) is 5. The molecule has 2 rings (SSSR count). The third-order valence-electron chi connectivity index (χ3n) is 4.20. The number of nitrogens with zero attached hydrogens (tertiary/aromatic N) is 3. The molecule has 122 valence electrons. The van der Waals surface area contributed by atoms with E-state index in [0.717, 1.165) is 30.5 Å². The molecule has 2 atom stereocenters. The Bertz CT molecular complexity index is 509. The Morgan fingerprint density at radius 1 is 1.50 bits per heavy atom. The molecule has 1 aromatic rings. The number of likely N-dealkylation sites (tertiary alicyclic amines) is 1. The van der Waals surface area contributed by atoms with Crippen LogP contribution in [0.2, 0.25) is 0 Å². The van der Waals surface area contributed by atoms with Crippen molar-refractivity contribution in [1.82, 2.24) is 14.9 Å². The summed E-state index contributed by atoms with van der Waals surface area (Å²) in [6.07, 6.45) is 4.44. The van der Waals surface area contributed by atoms with E-state index in [1.165, 1.54) is 0 Å². The van der Waals surface area contributed by atoms with Crippen LogP contribution < -0.4 is 5.32 Å². The third-order valence-corrected chi connectivity index (χ3v) is 4.82. The summed E-state index contributed by atoms with van der Waals surface area (Å²) in [5.41, 5.74) is 0. The average Bonchev–Trinajstić information content (AvgIpc) is 2.89. The Balaban J connectivity index is 2.03. The van der Waals surface area contributed by atoms with Gasteiger partial charge in [0.1, 0.15) is 11.6 Å². The van der Waals surface area contributed by atoms with Crippen molar-refractivity contribution < 1.29 is 4.79 Å². The molecule has 0 radical (unpaired) electrons. The van der Waals surface area contributed by atoms with Gasteiger partial charge in [0, 0.05) is 43.4 Å². The van der Waals surface area contributed by atoms with E-state index in [9.17, 15) is 4.79 Å². The minimum atomic E-state index is 0.257. The smallest absolute Gasteiger partial charge is 0.223 e. The van der Waals surface area contributed by atoms with Crippen LogP contribution in [0.3, 0.4) is 0 Å². The molecule has 1 N–H and O–H groups in total. The van der Waals surface area contributed by atoms with E-state index >= 15 is 0 Å². The summed E-state index contributed by atoms with van der Waals surface area (Å²) >= 11 is 1.72. The van der Waals surface area contributed by atoms with Gasteiger partial charge in [0.2, 0.25) is 5.91 Å². The summed E-state index contributed by atoms with van der Waals surface area (Å²) in [7, 11) is 0. The SMILES string of the molecule is CSCCC(=O)N1C[C@@H](Nc2ccnc(C)n2)[C@H](C(C)C)C1. The fraction of sp³-hybridized carbons (Fsp3) is 0.688. The van der Waals surface area contributed by atoms with Gasteiger partial charge in [-0.3, -0.25) is 4.79 Å². The quantitative estimate of drug-likeness (QED) is 0.872. The van der Waals surface area contributed by atoms with Crippen molar-refractivity contribution in [2.45, 2.75) is 33.2 Å². The molecule has 1 saturated heterocycles. The summed E-state index contributed by atoms with van der Waals surface area (Å²) in [5.74, 6) is 3.75. The Morgan fingerprint density at radius 3 is 2.91 bits per heavy atom. The zero-order valence-electron chi connectivity index (χ0n) is 13.9. The van der Waals surface area contributed by atoms with Crippen molar-refractivity contribution in [2.24, 2.45) is 11.8 Å². The number of carbonyl (C=O) groups excluding carboxylic acids is 1. The molecule has 0 spiro atoms. The molecule has 0 unspecified atom stereocenters. The van der Waals surface area contributed by atoms with E-state index in [1.54, 1.807) is 18.0 Å². The topological polar surface area (TPSA) is 58.1 Å². The van der Waals surface area contributed by atoms with Gasteiger partial charge in [0.25, 0.3) is 0 Å². The van der Waals surface area contributed by atoms with Crippen LogP contribution in [-0.2, 0) is 4.79 Å². The van der Waals surface area contributed by atoms with Crippen LogP contribution in [0, 0.1) is 18.8 Å². The summed E-state index contributed by atoms with van der Waals surface area (Å²) < 4.78 is 0. The summed E-state index contributed by atoms with van der Waals surface area (Å²) in [4.78, 5) is 22.8. The predicted octanol–water partition coefficient (Wildman–Crippen LogP) is 2.43. The van der Waals surface area contributed by atoms with Crippen LogP contribution >= 0.6 is 11.8 Å². The zero-order valence-corrected chi connectivity index (χ0v) is 14.7. The zero-order chi connectivity index (χ0) is 16.1. The van der Waals surface area contributed by atoms with Gasteiger partial charge < -0.3 is 10.2 Å². The number of aromatic nitrogens is 2. The molecule has 1 fully saturated rings. The van der Waals surface area contributed by atoms with Crippen LogP contribution in [0.25, 0.3) is 0 Å². The van der Waals surface area contributed by atoms with E-state index in [4.69, 9.17) is 0 Å². The molecule has 6 heteroatoms. The molecule has 1 aromatic heterocycles. The molecule has 1 amide bonds. The minimum absolute atomic E-state index is 0.257. The molecule has 1 aliphatic rings. The number of nitrogens with one attached hydrogen (secondary N) is 1. The molecule has 2 heterocycles. The maximum Gasteiger partial charge on any atom is 0.223 e. The molecule has 0 aromatic carbocycles. The Kier molecular flexibility index (Phi) is 6.06. The summed E-state index contributed by atoms with van der Waals surface area (Å²) in [5, 5.41) is 3.50. The standard InChI is InChI=1S/C16H26N4OS/c1-11(2)13-9-20(16(21)6-8-22-4)10-14(13)19-15-5-7-17-12(3)18-15/h5,7,11,13-14H,6,8-10H2,1-4H3,(H,17,18,19)/t13-,14+/m0/s1. The van der Waals surface area contributed by atoms with Crippen molar-refractivity contribution in [3.05, 3.63) is 18.1 Å². The molecule has 0 bridgehead atoms. The van der Waals surface area contributed by atoms with Crippen molar-refractivity contribution in [3.8, 4) is 0 Å². The second-order valence-electron chi connectivity index (χ2n) is 6.19. The largest absolute Gasteiger partial charge is 0.365 e. The van der Waals surface area contributed by atoms with Crippen LogP contribution in [0.5, 0.6) is 0 Å². The highest BCUT2D eigenvalue weighted by Gasteiger charge is 2.36. The van der Waals surface area contributed by atoms with Crippen LogP contribution in [0.4, 0.5) is 5.82 Å². The monoisotopic (exact) mass is 322 g/mol. The van der Waals surface area contributed by atoms with Crippen LogP contribution in [-0.4, -0.2) is 51.9 Å². The fourth-order valence-corrected chi connectivity index (χ4v) is 3.31. The van der Waals surface area contributed by atoms with E-state index in [0.29, 0.717) is 18.3 Å². The molecule has 0 saturated carbocycles. The van der Waals surface area contributed by atoms with Crippen molar-refractivity contribution >= 4 is 23.5 Å². The number of rotatable bonds is 6. The first-order valence-corrected chi connectivity index (χ1v) is 9.23. The Hall–Kier alpha value is -1.30. The lowest BCUT2D eigenvalue weighted by Crippen LogP contribution is -2.33. The third kappa shape index (κ3) is 4.35. The first kappa shape index (κ1) is 17.1. The van der Waals surface area contributed by atoms with Gasteiger partial charge in [-0.1, -0.05) is 13.8 Å². The molecular formula is C16H26N4OS. The normalized spacial score (nSPS) is 21.4. The molecule has 22 heavy (non-hydrogen) atoms. The second-order valence-corrected chi connectivity index (χ2v) is 7.17. The van der Waals surface area contributed by atoms with E-state index in [1.807, 2.05) is 24.1 Å². The Labute approximate surface area is 137 Å². The number of hydrogen-bond donors (Lipinski definition) is 1. The van der Waals surface area contributed by atoms with E-state index < -0.39 is 0 Å². The van der Waals surface area contributed by atoms with Gasteiger partial charge in [-0.2, -0.15) is 11.8 Å². The van der Waals surface area contributed by atoms with Crippen LogP contribution in [0.15, 0.2) is 12.3 Å². The molecular weight excluding hydrogens is 296 g/mol. The number of carbonyl (C=O) groups is 1. The number of amides is 1. The Morgan fingerprint density at radius 2 is 2.27 bits per heavy atom. The van der Waals surface area contributed by atoms with Gasteiger partial charge in [-0.05, 0) is 25.2 Å². The minimum Gasteiger partial charge on any atom is -0.365 e. The maximum absolute atomic E-state index is 12.3. The number of aryl methyl sites for hydroxylation is 1. The van der Waals surface area contributed by atoms with Gasteiger partial charge >= 0.3 is 0 Å². The first-order chi connectivity index (χ1) is 10.5. The number of anilines is 1. The second kappa shape index (κ2) is 7.81. The van der Waals surface area contributed by atoms with E-state index in [2.05, 4.69) is 29.1 Å². The van der Waals surface area contributed by atoms with Gasteiger partial charge in [-0.25, -0.2) is 9.97 Å². The fourth-order valence-electron chi connectivity index (χ4n) is 2.93. The lowest BCUT2D eigenvalue weighted by Gasteiger charge is -2.23. The lowest BCUT2D eigenvalue weighted by atomic mass is 9.91. The first-order valence-electron chi connectivity index (χ1n) is 7.84. The summed E-state index contributed by atoms with van der Waals surface area (Å²) in [6.45, 7) is 7.94. The predicted molar refractivity (Wildman–Crippen MR) is 92.1 cm³/mol. The highest BCUT2D eigenvalue weighted by atomic mass is 32.2. The van der Waals surface area contributed by atoms with E-state index in [-0.39, 0.29) is 11.9 Å². The summed E-state index contributed by atoms with van der Waals surface area (Å²) in [6, 6.07) is 2.15. The van der Waals surface area contributed by atoms with Crippen molar-refractivity contribution in [1.29, 1.82) is 0 Å².